The Labute approximate surface area is 110 Å². The standard InChI is InChI=1S/C9H8Cl2O3.Ru/c1-14-9-5(4-8(12)13)6(10)2-3-7(9)11;/h2-3H,4H2,1H3,(H,12,13);. The Balaban J connectivity index is 0.00000196. The van der Waals surface area contributed by atoms with Gasteiger partial charge < -0.3 is 9.84 Å². The van der Waals surface area contributed by atoms with Crippen molar-refractivity contribution in [1.82, 2.24) is 0 Å². The normalized spacial score (nSPS) is 9.27. The van der Waals surface area contributed by atoms with Crippen LogP contribution in [0.3, 0.4) is 0 Å². The van der Waals surface area contributed by atoms with Crippen LogP contribution in [0.2, 0.25) is 10.0 Å². The van der Waals surface area contributed by atoms with Crippen molar-refractivity contribution in [2.75, 3.05) is 7.11 Å². The first-order chi connectivity index (χ1) is 6.56. The maximum absolute atomic E-state index is 10.5. The minimum Gasteiger partial charge on any atom is -0.495 e. The molecular formula is C9H8Cl2O3Ru. The molecule has 0 saturated heterocycles. The number of hydrogen-bond donors (Lipinski definition) is 1. The number of carboxylic acids is 1. The average molecular weight is 336 g/mol. The van der Waals surface area contributed by atoms with Gasteiger partial charge in [0.1, 0.15) is 5.75 Å². The smallest absolute Gasteiger partial charge is 0.308 e. The van der Waals surface area contributed by atoms with Crippen molar-refractivity contribution in [1.29, 1.82) is 0 Å². The summed E-state index contributed by atoms with van der Waals surface area (Å²) in [5.74, 6) is -0.658. The van der Waals surface area contributed by atoms with Gasteiger partial charge >= 0.3 is 5.97 Å². The number of carboxylic acid groups (broad SMARTS) is 1. The summed E-state index contributed by atoms with van der Waals surface area (Å²) in [7, 11) is 1.42. The van der Waals surface area contributed by atoms with Crippen molar-refractivity contribution >= 4 is 29.2 Å². The molecule has 1 N–H and O–H groups in total. The van der Waals surface area contributed by atoms with Crippen LogP contribution in [-0.4, -0.2) is 18.2 Å². The van der Waals surface area contributed by atoms with E-state index < -0.39 is 5.97 Å². The minimum atomic E-state index is -0.979. The summed E-state index contributed by atoms with van der Waals surface area (Å²) in [6.45, 7) is 0. The van der Waals surface area contributed by atoms with Crippen LogP contribution in [0.1, 0.15) is 5.56 Å². The van der Waals surface area contributed by atoms with Gasteiger partial charge in [0.2, 0.25) is 0 Å². The maximum atomic E-state index is 10.5. The van der Waals surface area contributed by atoms with Gasteiger partial charge in [0, 0.05) is 30.1 Å². The first-order valence-corrected chi connectivity index (χ1v) is 4.54. The van der Waals surface area contributed by atoms with Gasteiger partial charge in [0.05, 0.1) is 18.6 Å². The van der Waals surface area contributed by atoms with E-state index in [1.807, 2.05) is 0 Å². The Kier molecular flexibility index (Phi) is 6.18. The Morgan fingerprint density at radius 1 is 1.40 bits per heavy atom. The molecule has 0 spiro atoms. The molecule has 0 atom stereocenters. The molecule has 0 unspecified atom stereocenters. The molecule has 0 aliphatic heterocycles. The third-order valence-electron chi connectivity index (χ3n) is 1.69. The van der Waals surface area contributed by atoms with E-state index in [0.29, 0.717) is 21.4 Å². The maximum Gasteiger partial charge on any atom is 0.308 e. The average Bonchev–Trinajstić information content (AvgIpc) is 2.11. The summed E-state index contributed by atoms with van der Waals surface area (Å²) in [6.07, 6.45) is -0.206. The largest absolute Gasteiger partial charge is 0.495 e. The number of ether oxygens (including phenoxy) is 1. The zero-order chi connectivity index (χ0) is 10.7. The van der Waals surface area contributed by atoms with Crippen molar-refractivity contribution in [2.45, 2.75) is 6.42 Å². The molecule has 0 amide bonds. The van der Waals surface area contributed by atoms with Gasteiger partial charge in [-0.3, -0.25) is 4.79 Å². The molecule has 0 heterocycles. The van der Waals surface area contributed by atoms with Crippen LogP contribution in [0.15, 0.2) is 12.1 Å². The first-order valence-electron chi connectivity index (χ1n) is 3.79. The molecule has 0 radical (unpaired) electrons. The molecule has 0 saturated carbocycles. The molecule has 3 nitrogen and oxygen atoms in total. The minimum absolute atomic E-state index is 0. The topological polar surface area (TPSA) is 46.5 Å². The third kappa shape index (κ3) is 3.64. The van der Waals surface area contributed by atoms with Gasteiger partial charge in [-0.2, -0.15) is 0 Å². The van der Waals surface area contributed by atoms with Crippen LogP contribution in [-0.2, 0) is 30.7 Å². The van der Waals surface area contributed by atoms with E-state index in [1.54, 1.807) is 12.1 Å². The molecule has 0 aliphatic carbocycles. The van der Waals surface area contributed by atoms with Crippen LogP contribution in [0, 0.1) is 0 Å². The molecule has 0 fully saturated rings. The number of methoxy groups -OCH3 is 1. The van der Waals surface area contributed by atoms with Gasteiger partial charge in [0.25, 0.3) is 0 Å². The zero-order valence-corrected chi connectivity index (χ0v) is 11.0. The SMILES string of the molecule is COc1c(Cl)ccc(Cl)c1CC(=O)O.[Ru]. The molecule has 15 heavy (non-hydrogen) atoms. The molecule has 6 heteroatoms. The zero-order valence-electron chi connectivity index (χ0n) is 7.73. The summed E-state index contributed by atoms with van der Waals surface area (Å²) < 4.78 is 4.98. The fourth-order valence-corrected chi connectivity index (χ4v) is 1.58. The fourth-order valence-electron chi connectivity index (χ4n) is 1.11. The number of carbonyl (C=O) groups is 1. The Bertz CT molecular complexity index is 369. The molecule has 0 aromatic heterocycles. The van der Waals surface area contributed by atoms with Gasteiger partial charge in [-0.25, -0.2) is 0 Å². The third-order valence-corrected chi connectivity index (χ3v) is 2.34. The predicted octanol–water partition coefficient (Wildman–Crippen LogP) is 2.63. The summed E-state index contributed by atoms with van der Waals surface area (Å²) >= 11 is 11.6. The van der Waals surface area contributed by atoms with Gasteiger partial charge in [0.15, 0.2) is 0 Å². The van der Waals surface area contributed by atoms with Crippen molar-refractivity contribution in [3.8, 4) is 5.75 Å². The number of benzene rings is 1. The van der Waals surface area contributed by atoms with Crippen molar-refractivity contribution in [2.24, 2.45) is 0 Å². The molecule has 84 valence electrons. The summed E-state index contributed by atoms with van der Waals surface area (Å²) in [6, 6.07) is 3.11. The Morgan fingerprint density at radius 2 is 1.93 bits per heavy atom. The molecule has 1 rings (SSSR count). The summed E-state index contributed by atoms with van der Waals surface area (Å²) in [4.78, 5) is 10.5. The van der Waals surface area contributed by atoms with E-state index >= 15 is 0 Å². The van der Waals surface area contributed by atoms with E-state index in [4.69, 9.17) is 33.0 Å². The number of hydrogen-bond acceptors (Lipinski definition) is 2. The van der Waals surface area contributed by atoms with Crippen molar-refractivity contribution < 1.29 is 34.1 Å². The predicted molar refractivity (Wildman–Crippen MR) is 54.4 cm³/mol. The van der Waals surface area contributed by atoms with Gasteiger partial charge in [-0.15, -0.1) is 0 Å². The Hall–Kier alpha value is -0.307. The monoisotopic (exact) mass is 336 g/mol. The van der Waals surface area contributed by atoms with E-state index in [9.17, 15) is 4.79 Å². The molecule has 0 aliphatic rings. The van der Waals surface area contributed by atoms with E-state index in [1.165, 1.54) is 7.11 Å². The van der Waals surface area contributed by atoms with Crippen molar-refractivity contribution in [3.05, 3.63) is 27.7 Å². The van der Waals surface area contributed by atoms with Gasteiger partial charge in [-0.1, -0.05) is 23.2 Å². The molecule has 1 aromatic rings. The van der Waals surface area contributed by atoms with Crippen LogP contribution in [0.5, 0.6) is 5.75 Å². The second-order valence-electron chi connectivity index (χ2n) is 2.61. The van der Waals surface area contributed by atoms with E-state index in [0.717, 1.165) is 0 Å². The fraction of sp³-hybridized carbons (Fsp3) is 0.222. The number of aliphatic carboxylic acids is 1. The molecule has 0 bridgehead atoms. The van der Waals surface area contributed by atoms with Crippen LogP contribution in [0.4, 0.5) is 0 Å². The number of rotatable bonds is 3. The van der Waals surface area contributed by atoms with Gasteiger partial charge in [-0.05, 0) is 12.1 Å². The van der Waals surface area contributed by atoms with Crippen LogP contribution in [0.25, 0.3) is 0 Å². The van der Waals surface area contributed by atoms with Crippen molar-refractivity contribution in [3.63, 3.8) is 0 Å². The molecular weight excluding hydrogens is 328 g/mol. The quantitative estimate of drug-likeness (QED) is 0.864. The second-order valence-corrected chi connectivity index (χ2v) is 3.43. The number of halogens is 2. The van der Waals surface area contributed by atoms with Crippen LogP contribution < -0.4 is 4.74 Å². The first kappa shape index (κ1) is 14.7. The van der Waals surface area contributed by atoms with E-state index in [-0.39, 0.29) is 25.9 Å². The Morgan fingerprint density at radius 3 is 2.40 bits per heavy atom. The van der Waals surface area contributed by atoms with E-state index in [2.05, 4.69) is 0 Å². The second kappa shape index (κ2) is 6.31. The summed E-state index contributed by atoms with van der Waals surface area (Å²) in [5, 5.41) is 9.34. The van der Waals surface area contributed by atoms with Crippen LogP contribution >= 0.6 is 23.2 Å². The molecule has 1 aromatic carbocycles. The summed E-state index contributed by atoms with van der Waals surface area (Å²) in [5.41, 5.74) is 0.397.